The van der Waals surface area contributed by atoms with E-state index in [0.29, 0.717) is 6.61 Å². The molecule has 29 heavy (non-hydrogen) atoms. The van der Waals surface area contributed by atoms with Crippen molar-refractivity contribution in [3.8, 4) is 0 Å². The quantitative estimate of drug-likeness (QED) is 0.585. The van der Waals surface area contributed by atoms with Crippen molar-refractivity contribution in [1.82, 2.24) is 4.90 Å². The SMILES string of the molecule is Cc1cc(C)c2sc3c(c2c1)=C1SC(COCCCN(C)C)=CC=C1C=CC=3.Cl. The van der Waals surface area contributed by atoms with Crippen molar-refractivity contribution in [1.29, 1.82) is 0 Å². The molecule has 2 heterocycles. The van der Waals surface area contributed by atoms with Crippen molar-refractivity contribution < 1.29 is 4.74 Å². The van der Waals surface area contributed by atoms with Gasteiger partial charge in [-0.15, -0.1) is 23.7 Å². The van der Waals surface area contributed by atoms with E-state index in [2.05, 4.69) is 75.4 Å². The fourth-order valence-electron chi connectivity index (χ4n) is 3.70. The van der Waals surface area contributed by atoms with Gasteiger partial charge in [-0.1, -0.05) is 41.6 Å². The number of ether oxygens (including phenoxy) is 1. The largest absolute Gasteiger partial charge is 0.376 e. The summed E-state index contributed by atoms with van der Waals surface area (Å²) in [5.41, 5.74) is 4.00. The fraction of sp³-hybridized carbons (Fsp3) is 0.333. The van der Waals surface area contributed by atoms with E-state index < -0.39 is 0 Å². The molecule has 154 valence electrons. The standard InChI is InChI=1S/C24H27NOS2.ClH/c1-16-13-17(2)23-20(14-16)22-21(28-23)8-5-7-18-9-10-19(27-24(18)22)15-26-12-6-11-25(3)4;/h5,7-10,13-14H,6,11-12,15H2,1-4H3;1H. The van der Waals surface area contributed by atoms with E-state index in [1.54, 1.807) is 0 Å². The third kappa shape index (κ3) is 4.89. The summed E-state index contributed by atoms with van der Waals surface area (Å²) < 4.78 is 8.72. The average molecular weight is 446 g/mol. The molecule has 1 aliphatic carbocycles. The first-order chi connectivity index (χ1) is 13.5. The van der Waals surface area contributed by atoms with E-state index in [4.69, 9.17) is 4.74 Å². The summed E-state index contributed by atoms with van der Waals surface area (Å²) in [5, 5.41) is 2.78. The highest BCUT2D eigenvalue weighted by molar-refractivity contribution is 8.11. The van der Waals surface area contributed by atoms with Gasteiger partial charge >= 0.3 is 0 Å². The monoisotopic (exact) mass is 445 g/mol. The number of thioether (sulfide) groups is 1. The molecule has 0 amide bonds. The smallest absolute Gasteiger partial charge is 0.0779 e. The molecule has 0 fully saturated rings. The minimum atomic E-state index is 0. The predicted octanol–water partition coefficient (Wildman–Crippen LogP) is 4.92. The number of halogens is 1. The zero-order valence-corrected chi connectivity index (χ0v) is 19.9. The van der Waals surface area contributed by atoms with Crippen molar-refractivity contribution in [3.63, 3.8) is 0 Å². The first-order valence-electron chi connectivity index (χ1n) is 9.77. The Balaban J connectivity index is 0.00000240. The summed E-state index contributed by atoms with van der Waals surface area (Å²) in [5.74, 6) is 0. The van der Waals surface area contributed by atoms with Gasteiger partial charge in [0.2, 0.25) is 0 Å². The number of allylic oxidation sites excluding steroid dienone is 4. The molecule has 0 bridgehead atoms. The average Bonchev–Trinajstić information content (AvgIpc) is 2.90. The molecule has 0 radical (unpaired) electrons. The Labute approximate surface area is 187 Å². The van der Waals surface area contributed by atoms with Crippen molar-refractivity contribution in [2.45, 2.75) is 20.3 Å². The van der Waals surface area contributed by atoms with Crippen LogP contribution in [0.5, 0.6) is 0 Å². The highest BCUT2D eigenvalue weighted by atomic mass is 35.5. The van der Waals surface area contributed by atoms with Crippen LogP contribution in [0.15, 0.2) is 46.9 Å². The maximum absolute atomic E-state index is 5.95. The van der Waals surface area contributed by atoms with Crippen molar-refractivity contribution in [3.05, 3.63) is 67.8 Å². The summed E-state index contributed by atoms with van der Waals surface area (Å²) in [6, 6.07) is 4.63. The van der Waals surface area contributed by atoms with Gasteiger partial charge in [-0.05, 0) is 70.3 Å². The number of thiophene rings is 1. The zero-order chi connectivity index (χ0) is 19.7. The maximum atomic E-state index is 5.95. The number of hydrogen-bond acceptors (Lipinski definition) is 4. The number of hydrogen-bond donors (Lipinski definition) is 0. The van der Waals surface area contributed by atoms with E-state index >= 15 is 0 Å². The first-order valence-corrected chi connectivity index (χ1v) is 11.4. The van der Waals surface area contributed by atoms with Crippen LogP contribution >= 0.6 is 35.5 Å². The lowest BCUT2D eigenvalue weighted by molar-refractivity contribution is 0.150. The van der Waals surface area contributed by atoms with Crippen LogP contribution in [0.3, 0.4) is 0 Å². The Morgan fingerprint density at radius 2 is 1.90 bits per heavy atom. The van der Waals surface area contributed by atoms with Crippen LogP contribution in [0.2, 0.25) is 0 Å². The molecule has 2 aliphatic rings. The Kier molecular flexibility index (Phi) is 7.47. The maximum Gasteiger partial charge on any atom is 0.0779 e. The van der Waals surface area contributed by atoms with Crippen LogP contribution in [0.1, 0.15) is 17.5 Å². The Hall–Kier alpha value is -1.30. The van der Waals surface area contributed by atoms with E-state index in [9.17, 15) is 0 Å². The van der Waals surface area contributed by atoms with Crippen molar-refractivity contribution in [2.75, 3.05) is 33.9 Å². The summed E-state index contributed by atoms with van der Waals surface area (Å²) in [6.45, 7) is 6.98. The summed E-state index contributed by atoms with van der Waals surface area (Å²) in [7, 11) is 4.20. The lowest BCUT2D eigenvalue weighted by Gasteiger charge is -2.16. The normalized spacial score (nSPS) is 15.3. The molecular formula is C24H28ClNOS2. The molecule has 1 aromatic heterocycles. The predicted molar refractivity (Wildman–Crippen MR) is 133 cm³/mol. The lowest BCUT2D eigenvalue weighted by atomic mass is 10.1. The summed E-state index contributed by atoms with van der Waals surface area (Å²) >= 11 is 3.79. The zero-order valence-electron chi connectivity index (χ0n) is 17.5. The molecule has 1 aromatic carbocycles. The highest BCUT2D eigenvalue weighted by Gasteiger charge is 2.17. The van der Waals surface area contributed by atoms with Crippen molar-refractivity contribution in [2.24, 2.45) is 0 Å². The Morgan fingerprint density at radius 1 is 1.07 bits per heavy atom. The molecule has 0 unspecified atom stereocenters. The van der Waals surface area contributed by atoms with Crippen LogP contribution in [0, 0.1) is 13.8 Å². The number of rotatable bonds is 6. The van der Waals surface area contributed by atoms with Crippen LogP contribution in [0.4, 0.5) is 0 Å². The first kappa shape index (κ1) is 22.4. The van der Waals surface area contributed by atoms with Crippen molar-refractivity contribution >= 4 is 56.6 Å². The molecule has 4 rings (SSSR count). The number of aryl methyl sites for hydroxylation is 2. The third-order valence-corrected chi connectivity index (χ3v) is 7.45. The third-order valence-electron chi connectivity index (χ3n) is 4.98. The minimum absolute atomic E-state index is 0. The molecule has 0 saturated carbocycles. The van der Waals surface area contributed by atoms with E-state index in [-0.39, 0.29) is 12.4 Å². The lowest BCUT2D eigenvalue weighted by Crippen LogP contribution is -2.21. The van der Waals surface area contributed by atoms with Gasteiger partial charge in [-0.3, -0.25) is 0 Å². The van der Waals surface area contributed by atoms with Gasteiger partial charge < -0.3 is 9.64 Å². The molecule has 1 aliphatic heterocycles. The van der Waals surface area contributed by atoms with Crippen LogP contribution < -0.4 is 9.75 Å². The molecule has 0 saturated heterocycles. The second-order valence-electron chi connectivity index (χ2n) is 7.72. The van der Waals surface area contributed by atoms with Gasteiger partial charge in [0.15, 0.2) is 0 Å². The Bertz CT molecular complexity index is 1120. The molecule has 2 aromatic rings. The molecular weight excluding hydrogens is 418 g/mol. The van der Waals surface area contributed by atoms with Gasteiger partial charge in [-0.2, -0.15) is 0 Å². The molecule has 0 atom stereocenters. The number of fused-ring (bicyclic) bond motifs is 4. The van der Waals surface area contributed by atoms with Gasteiger partial charge in [0.05, 0.1) is 6.61 Å². The van der Waals surface area contributed by atoms with Gasteiger partial charge in [0, 0.05) is 36.3 Å². The second kappa shape index (κ2) is 9.67. The van der Waals surface area contributed by atoms with E-state index in [1.165, 1.54) is 46.3 Å². The van der Waals surface area contributed by atoms with E-state index in [1.807, 2.05) is 23.1 Å². The van der Waals surface area contributed by atoms with Gasteiger partial charge in [0.25, 0.3) is 0 Å². The van der Waals surface area contributed by atoms with Gasteiger partial charge in [0.1, 0.15) is 0 Å². The second-order valence-corrected chi connectivity index (χ2v) is 9.91. The van der Waals surface area contributed by atoms with Crippen LogP contribution in [-0.4, -0.2) is 38.8 Å². The topological polar surface area (TPSA) is 12.5 Å². The fourth-order valence-corrected chi connectivity index (χ4v) is 6.05. The highest BCUT2D eigenvalue weighted by Crippen LogP contribution is 2.37. The van der Waals surface area contributed by atoms with E-state index in [0.717, 1.165) is 19.6 Å². The van der Waals surface area contributed by atoms with Crippen LogP contribution in [-0.2, 0) is 4.74 Å². The number of nitrogens with zero attached hydrogens (tertiary/aromatic N) is 1. The van der Waals surface area contributed by atoms with Crippen LogP contribution in [0.25, 0.3) is 21.1 Å². The summed E-state index contributed by atoms with van der Waals surface area (Å²) in [4.78, 5) is 4.85. The molecule has 0 spiro atoms. The summed E-state index contributed by atoms with van der Waals surface area (Å²) in [6.07, 6.45) is 12.2. The number of benzene rings is 1. The molecule has 5 heteroatoms. The van der Waals surface area contributed by atoms with Gasteiger partial charge in [-0.25, -0.2) is 0 Å². The Morgan fingerprint density at radius 3 is 2.69 bits per heavy atom. The minimum Gasteiger partial charge on any atom is -0.376 e. The molecule has 2 nitrogen and oxygen atoms in total. The molecule has 0 N–H and O–H groups in total.